The lowest BCUT2D eigenvalue weighted by Gasteiger charge is -2.42. The van der Waals surface area contributed by atoms with Gasteiger partial charge in [0.1, 0.15) is 11.9 Å². The van der Waals surface area contributed by atoms with Gasteiger partial charge >= 0.3 is 5.97 Å². The summed E-state index contributed by atoms with van der Waals surface area (Å²) in [6.45, 7) is 5.14. The van der Waals surface area contributed by atoms with E-state index in [0.29, 0.717) is 19.7 Å². The summed E-state index contributed by atoms with van der Waals surface area (Å²) < 4.78 is 5.99. The molecule has 1 atom stereocenters. The number of hydrogen-bond donors (Lipinski definition) is 2. The monoisotopic (exact) mass is 423 g/mol. The maximum atomic E-state index is 11.9. The van der Waals surface area contributed by atoms with Crippen LogP contribution >= 0.6 is 0 Å². The Morgan fingerprint density at radius 2 is 2.10 bits per heavy atom. The second-order valence-electron chi connectivity index (χ2n) is 8.54. The first-order valence-electron chi connectivity index (χ1n) is 11.5. The first-order chi connectivity index (χ1) is 15.2. The molecule has 0 aliphatic carbocycles. The van der Waals surface area contributed by atoms with E-state index in [9.17, 15) is 9.90 Å². The molecule has 31 heavy (non-hydrogen) atoms. The molecule has 4 rings (SSSR count). The highest BCUT2D eigenvalue weighted by atomic mass is 16.5. The van der Waals surface area contributed by atoms with Gasteiger partial charge in [-0.1, -0.05) is 37.3 Å². The maximum Gasteiger partial charge on any atom is 0.325 e. The number of likely N-dealkylation sites (tertiary alicyclic amines) is 1. The number of pyridine rings is 1. The highest BCUT2D eigenvalue weighted by molar-refractivity contribution is 5.76. The molecule has 0 saturated carbocycles. The standard InChI is InChI=1S/C25H33N3O3/c1-2-18-8-3-4-11-22(18)23(25(29)30)28-16-21(17-28)31-15-6-5-10-20-13-12-19-9-7-14-26-24(19)27-20/h3-4,8,11-13,21,23H,2,5-7,9-10,14-17H2,1H3,(H,26,27)(H,29,30)/t23-/m0/s1. The minimum Gasteiger partial charge on any atom is -0.480 e. The van der Waals surface area contributed by atoms with Gasteiger partial charge in [0.2, 0.25) is 0 Å². The summed E-state index contributed by atoms with van der Waals surface area (Å²) in [6, 6.07) is 11.6. The number of nitrogens with zero attached hydrogens (tertiary/aromatic N) is 2. The molecule has 6 heteroatoms. The fraction of sp³-hybridized carbons (Fsp3) is 0.520. The molecule has 1 aromatic heterocycles. The summed E-state index contributed by atoms with van der Waals surface area (Å²) in [5.74, 6) is 0.276. The van der Waals surface area contributed by atoms with Crippen LogP contribution in [0.5, 0.6) is 0 Å². The Morgan fingerprint density at radius 1 is 1.26 bits per heavy atom. The third-order valence-electron chi connectivity index (χ3n) is 6.34. The van der Waals surface area contributed by atoms with Gasteiger partial charge in [-0.2, -0.15) is 0 Å². The van der Waals surface area contributed by atoms with Crippen molar-refractivity contribution in [2.45, 2.75) is 57.6 Å². The predicted octanol–water partition coefficient (Wildman–Crippen LogP) is 3.85. The average Bonchev–Trinajstić information content (AvgIpc) is 2.76. The molecule has 0 unspecified atom stereocenters. The molecule has 0 spiro atoms. The Hall–Kier alpha value is -2.44. The van der Waals surface area contributed by atoms with Crippen molar-refractivity contribution >= 4 is 11.8 Å². The molecule has 2 aliphatic rings. The van der Waals surface area contributed by atoms with Crippen LogP contribution in [-0.2, 0) is 28.8 Å². The lowest BCUT2D eigenvalue weighted by molar-refractivity contribution is -0.151. The van der Waals surface area contributed by atoms with Gasteiger partial charge in [-0.3, -0.25) is 9.69 Å². The molecule has 0 amide bonds. The van der Waals surface area contributed by atoms with Gasteiger partial charge in [0.05, 0.1) is 6.10 Å². The molecule has 1 fully saturated rings. The summed E-state index contributed by atoms with van der Waals surface area (Å²) in [5, 5.41) is 13.2. The average molecular weight is 424 g/mol. The van der Waals surface area contributed by atoms with E-state index in [2.05, 4.69) is 24.4 Å². The van der Waals surface area contributed by atoms with E-state index < -0.39 is 12.0 Å². The zero-order valence-corrected chi connectivity index (χ0v) is 18.3. The van der Waals surface area contributed by atoms with Crippen molar-refractivity contribution in [2.75, 3.05) is 31.6 Å². The number of carboxylic acid groups (broad SMARTS) is 1. The Bertz CT molecular complexity index is 895. The molecule has 3 heterocycles. The van der Waals surface area contributed by atoms with Crippen LogP contribution in [0.1, 0.15) is 54.6 Å². The Balaban J connectivity index is 1.18. The fourth-order valence-electron chi connectivity index (χ4n) is 4.56. The number of hydrogen-bond acceptors (Lipinski definition) is 5. The second kappa shape index (κ2) is 10.2. The topological polar surface area (TPSA) is 74.7 Å². The smallest absolute Gasteiger partial charge is 0.325 e. The highest BCUT2D eigenvalue weighted by Gasteiger charge is 2.38. The first kappa shape index (κ1) is 21.8. The van der Waals surface area contributed by atoms with Crippen LogP contribution < -0.4 is 5.32 Å². The van der Waals surface area contributed by atoms with Gasteiger partial charge in [0, 0.05) is 31.9 Å². The molecule has 2 aliphatic heterocycles. The van der Waals surface area contributed by atoms with E-state index in [1.165, 1.54) is 12.0 Å². The lowest BCUT2D eigenvalue weighted by Crippen LogP contribution is -2.55. The molecule has 2 aromatic rings. The quantitative estimate of drug-likeness (QED) is 0.566. The molecule has 6 nitrogen and oxygen atoms in total. The first-order valence-corrected chi connectivity index (χ1v) is 11.5. The zero-order valence-electron chi connectivity index (χ0n) is 18.3. The minimum absolute atomic E-state index is 0.127. The maximum absolute atomic E-state index is 11.9. The highest BCUT2D eigenvalue weighted by Crippen LogP contribution is 2.30. The number of ether oxygens (including phenoxy) is 1. The Labute approximate surface area is 184 Å². The van der Waals surface area contributed by atoms with Crippen LogP contribution in [0.4, 0.5) is 5.82 Å². The van der Waals surface area contributed by atoms with Crippen LogP contribution in [0.15, 0.2) is 36.4 Å². The number of rotatable bonds is 10. The van der Waals surface area contributed by atoms with E-state index in [1.807, 2.05) is 29.2 Å². The lowest BCUT2D eigenvalue weighted by atomic mass is 9.95. The van der Waals surface area contributed by atoms with Gasteiger partial charge < -0.3 is 15.2 Å². The van der Waals surface area contributed by atoms with Gasteiger partial charge in [0.15, 0.2) is 0 Å². The number of benzene rings is 1. The van der Waals surface area contributed by atoms with Gasteiger partial charge in [-0.05, 0) is 61.3 Å². The summed E-state index contributed by atoms with van der Waals surface area (Å²) >= 11 is 0. The van der Waals surface area contributed by atoms with Crippen LogP contribution in [0.25, 0.3) is 0 Å². The van der Waals surface area contributed by atoms with Crippen molar-refractivity contribution in [3.63, 3.8) is 0 Å². The molecule has 2 N–H and O–H groups in total. The van der Waals surface area contributed by atoms with Crippen molar-refractivity contribution in [2.24, 2.45) is 0 Å². The number of unbranched alkanes of at least 4 members (excludes halogenated alkanes) is 1. The molecule has 1 aromatic carbocycles. The van der Waals surface area contributed by atoms with E-state index in [1.54, 1.807) is 0 Å². The number of aryl methyl sites for hydroxylation is 3. The number of nitrogens with one attached hydrogen (secondary N) is 1. The number of aromatic nitrogens is 1. The van der Waals surface area contributed by atoms with Crippen molar-refractivity contribution in [1.82, 2.24) is 9.88 Å². The van der Waals surface area contributed by atoms with Crippen molar-refractivity contribution in [1.29, 1.82) is 0 Å². The second-order valence-corrected chi connectivity index (χ2v) is 8.54. The molecule has 166 valence electrons. The van der Waals surface area contributed by atoms with E-state index in [4.69, 9.17) is 9.72 Å². The number of carboxylic acids is 1. The Kier molecular flexibility index (Phi) is 7.20. The van der Waals surface area contributed by atoms with Crippen LogP contribution in [0, 0.1) is 0 Å². The van der Waals surface area contributed by atoms with Crippen molar-refractivity contribution in [3.05, 3.63) is 58.8 Å². The molecular weight excluding hydrogens is 390 g/mol. The summed E-state index contributed by atoms with van der Waals surface area (Å²) in [7, 11) is 0. The predicted molar refractivity (Wildman–Crippen MR) is 121 cm³/mol. The fourth-order valence-corrected chi connectivity index (χ4v) is 4.56. The zero-order chi connectivity index (χ0) is 21.6. The van der Waals surface area contributed by atoms with Gasteiger partial charge in [-0.25, -0.2) is 4.98 Å². The number of anilines is 1. The van der Waals surface area contributed by atoms with E-state index >= 15 is 0 Å². The van der Waals surface area contributed by atoms with Gasteiger partial charge in [-0.15, -0.1) is 0 Å². The van der Waals surface area contributed by atoms with Crippen LogP contribution in [-0.4, -0.2) is 53.3 Å². The minimum atomic E-state index is -0.786. The van der Waals surface area contributed by atoms with Crippen LogP contribution in [0.2, 0.25) is 0 Å². The summed E-state index contributed by atoms with van der Waals surface area (Å²) in [6.07, 6.45) is 6.26. The molecular formula is C25H33N3O3. The Morgan fingerprint density at radius 3 is 2.90 bits per heavy atom. The molecule has 1 saturated heterocycles. The van der Waals surface area contributed by atoms with Crippen LogP contribution in [0.3, 0.4) is 0 Å². The van der Waals surface area contributed by atoms with E-state index in [-0.39, 0.29) is 6.10 Å². The summed E-state index contributed by atoms with van der Waals surface area (Å²) in [5.41, 5.74) is 4.48. The molecule has 0 radical (unpaired) electrons. The summed E-state index contributed by atoms with van der Waals surface area (Å²) in [4.78, 5) is 18.7. The largest absolute Gasteiger partial charge is 0.480 e. The number of fused-ring (bicyclic) bond motifs is 1. The SMILES string of the molecule is CCc1ccccc1[C@@H](C(=O)O)N1CC(OCCCCc2ccc3c(n2)NCCC3)C1. The van der Waals surface area contributed by atoms with Crippen molar-refractivity contribution in [3.8, 4) is 0 Å². The molecule has 0 bridgehead atoms. The van der Waals surface area contributed by atoms with E-state index in [0.717, 1.165) is 61.3 Å². The normalized spacial score (nSPS) is 17.5. The third kappa shape index (κ3) is 5.25. The van der Waals surface area contributed by atoms with Gasteiger partial charge in [0.25, 0.3) is 0 Å². The third-order valence-corrected chi connectivity index (χ3v) is 6.34. The number of aliphatic carboxylic acids is 1. The van der Waals surface area contributed by atoms with Crippen molar-refractivity contribution < 1.29 is 14.6 Å². The number of carbonyl (C=O) groups is 1.